The Morgan fingerprint density at radius 2 is 1.75 bits per heavy atom. The van der Waals surface area contributed by atoms with E-state index in [1.807, 2.05) is 0 Å². The number of ether oxygens (including phenoxy) is 2. The predicted molar refractivity (Wildman–Crippen MR) is 71.2 cm³/mol. The SMILES string of the molecule is COc1cc(OC)cc(C(=O)N2CC(CC(=O)O)C2)c1. The highest BCUT2D eigenvalue weighted by Gasteiger charge is 2.32. The van der Waals surface area contributed by atoms with Crippen LogP contribution in [0.1, 0.15) is 16.8 Å². The summed E-state index contributed by atoms with van der Waals surface area (Å²) in [7, 11) is 3.05. The van der Waals surface area contributed by atoms with E-state index in [9.17, 15) is 9.59 Å². The van der Waals surface area contributed by atoms with Gasteiger partial charge in [-0.3, -0.25) is 9.59 Å². The van der Waals surface area contributed by atoms with Gasteiger partial charge in [-0.05, 0) is 12.1 Å². The summed E-state index contributed by atoms with van der Waals surface area (Å²) in [5.41, 5.74) is 0.481. The molecule has 0 unspecified atom stereocenters. The van der Waals surface area contributed by atoms with E-state index in [0.29, 0.717) is 30.2 Å². The molecule has 1 aliphatic heterocycles. The van der Waals surface area contributed by atoms with Gasteiger partial charge in [-0.15, -0.1) is 0 Å². The van der Waals surface area contributed by atoms with Crippen molar-refractivity contribution in [3.8, 4) is 11.5 Å². The lowest BCUT2D eigenvalue weighted by Gasteiger charge is -2.38. The zero-order chi connectivity index (χ0) is 14.7. The number of rotatable bonds is 5. The molecule has 0 aliphatic carbocycles. The van der Waals surface area contributed by atoms with E-state index in [1.54, 1.807) is 23.1 Å². The topological polar surface area (TPSA) is 76.1 Å². The summed E-state index contributed by atoms with van der Waals surface area (Å²) in [5, 5.41) is 8.69. The third-order valence-electron chi connectivity index (χ3n) is 3.31. The zero-order valence-corrected chi connectivity index (χ0v) is 11.5. The van der Waals surface area contributed by atoms with E-state index >= 15 is 0 Å². The number of methoxy groups -OCH3 is 2. The van der Waals surface area contributed by atoms with E-state index in [0.717, 1.165) is 0 Å². The second-order valence-electron chi connectivity index (χ2n) is 4.78. The smallest absolute Gasteiger partial charge is 0.303 e. The number of hydrogen-bond acceptors (Lipinski definition) is 4. The number of carbonyl (C=O) groups is 2. The van der Waals surface area contributed by atoms with Crippen molar-refractivity contribution >= 4 is 11.9 Å². The Bertz CT molecular complexity index is 500. The lowest BCUT2D eigenvalue weighted by Crippen LogP contribution is -2.50. The van der Waals surface area contributed by atoms with Crippen molar-refractivity contribution in [1.29, 1.82) is 0 Å². The molecule has 108 valence electrons. The standard InChI is InChI=1S/C14H17NO5/c1-19-11-4-10(5-12(6-11)20-2)14(18)15-7-9(8-15)3-13(16)17/h4-6,9H,3,7-8H2,1-2H3,(H,16,17). The number of carboxylic acid groups (broad SMARTS) is 1. The molecule has 1 amide bonds. The van der Waals surface area contributed by atoms with Gasteiger partial charge in [0.05, 0.1) is 20.6 Å². The van der Waals surface area contributed by atoms with Gasteiger partial charge in [0.1, 0.15) is 11.5 Å². The second-order valence-corrected chi connectivity index (χ2v) is 4.78. The molecule has 1 heterocycles. The summed E-state index contributed by atoms with van der Waals surface area (Å²) < 4.78 is 10.2. The number of nitrogens with zero attached hydrogens (tertiary/aromatic N) is 1. The molecule has 0 spiro atoms. The first-order valence-electron chi connectivity index (χ1n) is 6.27. The van der Waals surface area contributed by atoms with Crippen molar-refractivity contribution in [3.63, 3.8) is 0 Å². The lowest BCUT2D eigenvalue weighted by molar-refractivity contribution is -0.139. The van der Waals surface area contributed by atoms with Gasteiger partial charge in [0.15, 0.2) is 0 Å². The highest BCUT2D eigenvalue weighted by atomic mass is 16.5. The Kier molecular flexibility index (Phi) is 4.12. The number of hydrogen-bond donors (Lipinski definition) is 1. The summed E-state index contributed by atoms with van der Waals surface area (Å²) in [6, 6.07) is 4.99. The Hall–Kier alpha value is -2.24. The third-order valence-corrected chi connectivity index (χ3v) is 3.31. The first-order valence-corrected chi connectivity index (χ1v) is 6.27. The molecule has 0 aromatic heterocycles. The fourth-order valence-electron chi connectivity index (χ4n) is 2.23. The zero-order valence-electron chi connectivity index (χ0n) is 11.5. The first kappa shape index (κ1) is 14.2. The van der Waals surface area contributed by atoms with Crippen LogP contribution in [0.2, 0.25) is 0 Å². The fourth-order valence-corrected chi connectivity index (χ4v) is 2.23. The number of amides is 1. The fraction of sp³-hybridized carbons (Fsp3) is 0.429. The Labute approximate surface area is 116 Å². The van der Waals surface area contributed by atoms with Gasteiger partial charge in [0, 0.05) is 30.6 Å². The van der Waals surface area contributed by atoms with Crippen molar-refractivity contribution in [1.82, 2.24) is 4.90 Å². The molecule has 0 bridgehead atoms. The molecule has 1 N–H and O–H groups in total. The van der Waals surface area contributed by atoms with Crippen LogP contribution in [-0.2, 0) is 4.79 Å². The van der Waals surface area contributed by atoms with E-state index in [4.69, 9.17) is 14.6 Å². The highest BCUT2D eigenvalue weighted by Crippen LogP contribution is 2.26. The molecule has 2 rings (SSSR count). The van der Waals surface area contributed by atoms with Gasteiger partial charge in [0.2, 0.25) is 0 Å². The molecule has 1 aliphatic rings. The Balaban J connectivity index is 2.05. The van der Waals surface area contributed by atoms with Crippen LogP contribution in [0.5, 0.6) is 11.5 Å². The van der Waals surface area contributed by atoms with Crippen LogP contribution in [0, 0.1) is 5.92 Å². The van der Waals surface area contributed by atoms with Gasteiger partial charge < -0.3 is 19.5 Å². The summed E-state index contributed by atoms with van der Waals surface area (Å²) in [6.07, 6.45) is 0.102. The molecule has 1 saturated heterocycles. The summed E-state index contributed by atoms with van der Waals surface area (Å²) in [4.78, 5) is 24.5. The molecule has 6 heteroatoms. The van der Waals surface area contributed by atoms with Gasteiger partial charge in [-0.1, -0.05) is 0 Å². The number of carboxylic acids is 1. The molecule has 1 aromatic carbocycles. The lowest BCUT2D eigenvalue weighted by atomic mass is 9.95. The third kappa shape index (κ3) is 3.01. The van der Waals surface area contributed by atoms with Crippen LogP contribution in [0.3, 0.4) is 0 Å². The van der Waals surface area contributed by atoms with Gasteiger partial charge >= 0.3 is 5.97 Å². The number of benzene rings is 1. The summed E-state index contributed by atoms with van der Waals surface area (Å²) in [5.74, 6) is 0.184. The Morgan fingerprint density at radius 1 is 1.20 bits per heavy atom. The largest absolute Gasteiger partial charge is 0.497 e. The number of aliphatic carboxylic acids is 1. The van der Waals surface area contributed by atoms with Crippen molar-refractivity contribution in [2.24, 2.45) is 5.92 Å². The second kappa shape index (κ2) is 5.81. The van der Waals surface area contributed by atoms with Crippen LogP contribution in [0.25, 0.3) is 0 Å². The first-order chi connectivity index (χ1) is 9.53. The quantitative estimate of drug-likeness (QED) is 0.878. The molecule has 0 radical (unpaired) electrons. The molecule has 20 heavy (non-hydrogen) atoms. The predicted octanol–water partition coefficient (Wildman–Crippen LogP) is 1.25. The van der Waals surface area contributed by atoms with E-state index in [-0.39, 0.29) is 18.2 Å². The maximum Gasteiger partial charge on any atom is 0.303 e. The van der Waals surface area contributed by atoms with E-state index in [1.165, 1.54) is 14.2 Å². The summed E-state index contributed by atoms with van der Waals surface area (Å²) >= 11 is 0. The van der Waals surface area contributed by atoms with Crippen LogP contribution in [0.15, 0.2) is 18.2 Å². The molecular formula is C14H17NO5. The highest BCUT2D eigenvalue weighted by molar-refractivity contribution is 5.95. The number of carbonyl (C=O) groups excluding carboxylic acids is 1. The summed E-state index contributed by atoms with van der Waals surface area (Å²) in [6.45, 7) is 0.954. The number of likely N-dealkylation sites (tertiary alicyclic amines) is 1. The van der Waals surface area contributed by atoms with Crippen LogP contribution >= 0.6 is 0 Å². The minimum absolute atomic E-state index is 0.0453. The van der Waals surface area contributed by atoms with Crippen LogP contribution < -0.4 is 9.47 Å². The van der Waals surface area contributed by atoms with Gasteiger partial charge in [-0.2, -0.15) is 0 Å². The molecule has 1 fully saturated rings. The average molecular weight is 279 g/mol. The molecular weight excluding hydrogens is 262 g/mol. The van der Waals surface area contributed by atoms with Crippen LogP contribution in [-0.4, -0.2) is 49.2 Å². The van der Waals surface area contributed by atoms with Gasteiger partial charge in [-0.25, -0.2) is 0 Å². The van der Waals surface area contributed by atoms with Crippen molar-refractivity contribution < 1.29 is 24.2 Å². The van der Waals surface area contributed by atoms with Crippen molar-refractivity contribution in [2.45, 2.75) is 6.42 Å². The maximum atomic E-state index is 12.3. The van der Waals surface area contributed by atoms with E-state index in [2.05, 4.69) is 0 Å². The van der Waals surface area contributed by atoms with Gasteiger partial charge in [0.25, 0.3) is 5.91 Å². The van der Waals surface area contributed by atoms with Crippen molar-refractivity contribution in [2.75, 3.05) is 27.3 Å². The molecule has 1 aromatic rings. The Morgan fingerprint density at radius 3 is 2.20 bits per heavy atom. The normalized spacial score (nSPS) is 14.6. The van der Waals surface area contributed by atoms with Crippen molar-refractivity contribution in [3.05, 3.63) is 23.8 Å². The minimum Gasteiger partial charge on any atom is -0.497 e. The van der Waals surface area contributed by atoms with E-state index < -0.39 is 5.97 Å². The maximum absolute atomic E-state index is 12.3. The molecule has 0 atom stereocenters. The average Bonchev–Trinajstić information content (AvgIpc) is 2.40. The monoisotopic (exact) mass is 279 g/mol. The minimum atomic E-state index is -0.829. The molecule has 0 saturated carbocycles. The molecule has 6 nitrogen and oxygen atoms in total. The van der Waals surface area contributed by atoms with Crippen LogP contribution in [0.4, 0.5) is 0 Å².